The van der Waals surface area contributed by atoms with Crippen LogP contribution in [-0.2, 0) is 6.61 Å². The summed E-state index contributed by atoms with van der Waals surface area (Å²) in [5.41, 5.74) is 6.98. The summed E-state index contributed by atoms with van der Waals surface area (Å²) in [7, 11) is 1.53. The molecule has 0 saturated heterocycles. The summed E-state index contributed by atoms with van der Waals surface area (Å²) in [4.78, 5) is 0. The van der Waals surface area contributed by atoms with Crippen LogP contribution in [0.25, 0.3) is 0 Å². The molecule has 2 aromatic carbocycles. The van der Waals surface area contributed by atoms with Crippen LogP contribution in [0.2, 0.25) is 0 Å². The Kier molecular flexibility index (Phi) is 3.85. The maximum atomic E-state index is 13.0. The first-order valence-electron chi connectivity index (χ1n) is 5.60. The fourth-order valence-electron chi connectivity index (χ4n) is 1.64. The van der Waals surface area contributed by atoms with Gasteiger partial charge in [-0.25, -0.2) is 8.78 Å². The lowest BCUT2D eigenvalue weighted by atomic mass is 10.2. The van der Waals surface area contributed by atoms with Crippen molar-refractivity contribution in [2.45, 2.75) is 6.61 Å². The maximum Gasteiger partial charge on any atom is 0.162 e. The van der Waals surface area contributed by atoms with Gasteiger partial charge < -0.3 is 15.2 Å². The minimum atomic E-state index is -0.947. The van der Waals surface area contributed by atoms with Crippen molar-refractivity contribution in [3.63, 3.8) is 0 Å². The highest BCUT2D eigenvalue weighted by Crippen LogP contribution is 2.23. The maximum absolute atomic E-state index is 13.0. The highest BCUT2D eigenvalue weighted by Gasteiger charge is 2.07. The van der Waals surface area contributed by atoms with Crippen LogP contribution in [0, 0.1) is 11.6 Å². The van der Waals surface area contributed by atoms with Crippen molar-refractivity contribution in [2.24, 2.45) is 0 Å². The molecular weight excluding hydrogens is 252 g/mol. The van der Waals surface area contributed by atoms with Crippen LogP contribution in [0.5, 0.6) is 11.5 Å². The van der Waals surface area contributed by atoms with Gasteiger partial charge in [0.1, 0.15) is 18.1 Å². The van der Waals surface area contributed by atoms with Gasteiger partial charge in [-0.3, -0.25) is 0 Å². The molecular formula is C14H13F2NO2. The van der Waals surface area contributed by atoms with Crippen molar-refractivity contribution in [2.75, 3.05) is 12.8 Å². The van der Waals surface area contributed by atoms with Gasteiger partial charge in [0.25, 0.3) is 0 Å². The number of halogens is 2. The van der Waals surface area contributed by atoms with Gasteiger partial charge in [-0.05, 0) is 30.3 Å². The Morgan fingerprint density at radius 1 is 1.05 bits per heavy atom. The molecule has 5 heteroatoms. The lowest BCUT2D eigenvalue weighted by Crippen LogP contribution is -2.00. The van der Waals surface area contributed by atoms with Gasteiger partial charge in [0, 0.05) is 17.3 Å². The molecule has 100 valence electrons. The van der Waals surface area contributed by atoms with E-state index in [0.29, 0.717) is 11.4 Å². The zero-order chi connectivity index (χ0) is 13.8. The van der Waals surface area contributed by atoms with E-state index in [4.69, 9.17) is 15.2 Å². The Bertz CT molecular complexity index is 588. The molecule has 0 atom stereocenters. The Morgan fingerprint density at radius 3 is 2.53 bits per heavy atom. The van der Waals surface area contributed by atoms with Gasteiger partial charge in [-0.1, -0.05) is 0 Å². The second-order valence-electron chi connectivity index (χ2n) is 3.94. The quantitative estimate of drug-likeness (QED) is 0.864. The number of nitrogens with two attached hydrogens (primary N) is 1. The third kappa shape index (κ3) is 3.13. The van der Waals surface area contributed by atoms with E-state index in [1.54, 1.807) is 18.2 Å². The molecule has 0 aliphatic heterocycles. The Hall–Kier alpha value is -2.30. The van der Waals surface area contributed by atoms with Crippen LogP contribution in [0.1, 0.15) is 5.56 Å². The minimum Gasteiger partial charge on any atom is -0.496 e. The molecule has 0 unspecified atom stereocenters. The summed E-state index contributed by atoms with van der Waals surface area (Å²) in [5.74, 6) is -0.994. The van der Waals surface area contributed by atoms with Crippen LogP contribution in [0.3, 0.4) is 0 Å². The topological polar surface area (TPSA) is 44.5 Å². The van der Waals surface area contributed by atoms with Crippen molar-refractivity contribution in [3.8, 4) is 11.5 Å². The first-order chi connectivity index (χ1) is 9.10. The van der Waals surface area contributed by atoms with E-state index in [-0.39, 0.29) is 12.4 Å². The number of hydrogen-bond acceptors (Lipinski definition) is 3. The first-order valence-corrected chi connectivity index (χ1v) is 5.60. The van der Waals surface area contributed by atoms with E-state index in [2.05, 4.69) is 0 Å². The number of nitrogen functional groups attached to an aromatic ring is 1. The van der Waals surface area contributed by atoms with E-state index >= 15 is 0 Å². The van der Waals surface area contributed by atoms with Crippen molar-refractivity contribution < 1.29 is 18.3 Å². The van der Waals surface area contributed by atoms with Gasteiger partial charge >= 0.3 is 0 Å². The Morgan fingerprint density at radius 2 is 1.84 bits per heavy atom. The molecule has 2 rings (SSSR count). The summed E-state index contributed by atoms with van der Waals surface area (Å²) in [5, 5.41) is 0. The molecule has 0 radical (unpaired) electrons. The van der Waals surface area contributed by atoms with Crippen LogP contribution in [0.4, 0.5) is 14.5 Å². The molecule has 2 N–H and O–H groups in total. The molecule has 0 saturated carbocycles. The van der Waals surface area contributed by atoms with Gasteiger partial charge in [0.2, 0.25) is 0 Å². The Labute approximate surface area is 109 Å². The molecule has 0 bridgehead atoms. The van der Waals surface area contributed by atoms with Gasteiger partial charge in [0.05, 0.1) is 7.11 Å². The third-order valence-electron chi connectivity index (χ3n) is 2.59. The SMILES string of the molecule is COc1ccc(N)cc1COc1ccc(F)c(F)c1. The molecule has 19 heavy (non-hydrogen) atoms. The number of rotatable bonds is 4. The summed E-state index contributed by atoms with van der Waals surface area (Å²) >= 11 is 0. The zero-order valence-corrected chi connectivity index (χ0v) is 10.3. The van der Waals surface area contributed by atoms with Crippen molar-refractivity contribution >= 4 is 5.69 Å². The molecule has 0 amide bonds. The average Bonchev–Trinajstić information content (AvgIpc) is 2.40. The minimum absolute atomic E-state index is 0.152. The second-order valence-corrected chi connectivity index (χ2v) is 3.94. The van der Waals surface area contributed by atoms with E-state index in [1.807, 2.05) is 0 Å². The van der Waals surface area contributed by atoms with E-state index in [0.717, 1.165) is 17.7 Å². The molecule has 0 spiro atoms. The van der Waals surface area contributed by atoms with Crippen LogP contribution in [-0.4, -0.2) is 7.11 Å². The lowest BCUT2D eigenvalue weighted by molar-refractivity contribution is 0.294. The molecule has 0 aliphatic rings. The Balaban J connectivity index is 2.13. The van der Waals surface area contributed by atoms with Gasteiger partial charge in [-0.15, -0.1) is 0 Å². The van der Waals surface area contributed by atoms with E-state index < -0.39 is 11.6 Å². The van der Waals surface area contributed by atoms with Crippen molar-refractivity contribution in [3.05, 3.63) is 53.6 Å². The van der Waals surface area contributed by atoms with Crippen LogP contribution in [0.15, 0.2) is 36.4 Å². The number of methoxy groups -OCH3 is 1. The molecule has 3 nitrogen and oxygen atoms in total. The molecule has 2 aromatic rings. The molecule has 0 heterocycles. The third-order valence-corrected chi connectivity index (χ3v) is 2.59. The molecule has 0 aliphatic carbocycles. The number of hydrogen-bond donors (Lipinski definition) is 1. The summed E-state index contributed by atoms with van der Waals surface area (Å²) in [6.07, 6.45) is 0. The largest absolute Gasteiger partial charge is 0.496 e. The fraction of sp³-hybridized carbons (Fsp3) is 0.143. The highest BCUT2D eigenvalue weighted by atomic mass is 19.2. The lowest BCUT2D eigenvalue weighted by Gasteiger charge is -2.11. The average molecular weight is 265 g/mol. The van der Waals surface area contributed by atoms with E-state index in [1.165, 1.54) is 13.2 Å². The van der Waals surface area contributed by atoms with Crippen LogP contribution < -0.4 is 15.2 Å². The molecule has 0 fully saturated rings. The number of benzene rings is 2. The summed E-state index contributed by atoms with van der Waals surface area (Å²) in [6, 6.07) is 8.50. The van der Waals surface area contributed by atoms with Crippen molar-refractivity contribution in [1.29, 1.82) is 0 Å². The predicted octanol–water partition coefficient (Wildman–Crippen LogP) is 3.13. The van der Waals surface area contributed by atoms with E-state index in [9.17, 15) is 8.78 Å². The molecule has 0 aromatic heterocycles. The van der Waals surface area contributed by atoms with Crippen molar-refractivity contribution in [1.82, 2.24) is 0 Å². The van der Waals surface area contributed by atoms with Gasteiger partial charge in [-0.2, -0.15) is 0 Å². The smallest absolute Gasteiger partial charge is 0.162 e. The monoisotopic (exact) mass is 265 g/mol. The fourth-order valence-corrected chi connectivity index (χ4v) is 1.64. The first kappa shape index (κ1) is 13.1. The van der Waals surface area contributed by atoms with Gasteiger partial charge in [0.15, 0.2) is 11.6 Å². The highest BCUT2D eigenvalue weighted by molar-refractivity contribution is 5.47. The standard InChI is InChI=1S/C14H13F2NO2/c1-18-14-5-2-10(17)6-9(14)8-19-11-3-4-12(15)13(16)7-11/h2-7H,8,17H2,1H3. The predicted molar refractivity (Wildman–Crippen MR) is 68.1 cm³/mol. The number of anilines is 1. The zero-order valence-electron chi connectivity index (χ0n) is 10.3. The summed E-state index contributed by atoms with van der Waals surface area (Å²) in [6.45, 7) is 0.152. The van der Waals surface area contributed by atoms with Crippen LogP contribution >= 0.6 is 0 Å². The number of ether oxygens (including phenoxy) is 2. The second kappa shape index (κ2) is 5.56. The summed E-state index contributed by atoms with van der Waals surface area (Å²) < 4.78 is 36.3. The normalized spacial score (nSPS) is 10.3.